The lowest BCUT2D eigenvalue weighted by Gasteiger charge is -2.26. The number of rotatable bonds is 8. The maximum absolute atomic E-state index is 13.7. The van der Waals surface area contributed by atoms with E-state index in [0.717, 1.165) is 23.1 Å². The fraction of sp³-hybridized carbons (Fsp3) is 0.385. The molecule has 3 aromatic carbocycles. The molecule has 0 radical (unpaired) electrons. The number of para-hydroxylation sites is 1. The molecule has 0 aliphatic carbocycles. The number of ether oxygens (including phenoxy) is 1. The van der Waals surface area contributed by atoms with Crippen LogP contribution in [0.5, 0.6) is 5.75 Å². The van der Waals surface area contributed by atoms with Crippen molar-refractivity contribution in [3.05, 3.63) is 101 Å². The maximum atomic E-state index is 13.7. The standard InChI is InChI=1S/C39H46N6O8/c1-25(46)35-39(52)43-30(21-26-10-3-2-4-11-26)37(50)40-17-9-19-53-32-15-6-5-14-29(32)36(49)42-31(22-33(47)44-35)38(51)41-23-27-12-7-13-28(20-27)24-45-18-8-16-34(45)48/h2-7,10-15,20,25,30-31,35,46H,8-9,16-19,21-24H2,1H3,(H,40,50)(H,41,51)(H,42,49)(H,43,52)(H,44,47)/t25-,30+,31+,35+/m1/s1. The number of carbonyl (C=O) groups is 6. The minimum atomic E-state index is -1.48. The molecule has 53 heavy (non-hydrogen) atoms. The van der Waals surface area contributed by atoms with E-state index >= 15 is 0 Å². The van der Waals surface area contributed by atoms with Crippen molar-refractivity contribution in [3.63, 3.8) is 0 Å². The average Bonchev–Trinajstić information content (AvgIpc) is 3.55. The first-order valence-electron chi connectivity index (χ1n) is 17.8. The summed E-state index contributed by atoms with van der Waals surface area (Å²) in [6, 6.07) is 19.1. The van der Waals surface area contributed by atoms with Crippen molar-refractivity contribution in [2.45, 2.75) is 76.3 Å². The molecule has 2 heterocycles. The summed E-state index contributed by atoms with van der Waals surface area (Å²) >= 11 is 0. The van der Waals surface area contributed by atoms with Crippen LogP contribution in [0.3, 0.4) is 0 Å². The first-order valence-corrected chi connectivity index (χ1v) is 17.8. The van der Waals surface area contributed by atoms with Crippen LogP contribution >= 0.6 is 0 Å². The molecule has 2 aliphatic rings. The molecule has 2 aliphatic heterocycles. The Labute approximate surface area is 308 Å². The van der Waals surface area contributed by atoms with Gasteiger partial charge in [-0.05, 0) is 48.6 Å². The lowest BCUT2D eigenvalue weighted by Crippen LogP contribution is -2.58. The summed E-state index contributed by atoms with van der Waals surface area (Å²) < 4.78 is 5.89. The van der Waals surface area contributed by atoms with Gasteiger partial charge >= 0.3 is 0 Å². The van der Waals surface area contributed by atoms with Gasteiger partial charge in [0.1, 0.15) is 23.9 Å². The number of aliphatic hydroxyl groups excluding tert-OH is 1. The molecule has 6 amide bonds. The van der Waals surface area contributed by atoms with Crippen molar-refractivity contribution in [2.24, 2.45) is 0 Å². The third-order valence-electron chi connectivity index (χ3n) is 9.02. The van der Waals surface area contributed by atoms with Crippen LogP contribution in [-0.4, -0.2) is 89.4 Å². The van der Waals surface area contributed by atoms with E-state index < -0.39 is 60.2 Å². The molecule has 0 saturated carbocycles. The van der Waals surface area contributed by atoms with E-state index in [2.05, 4.69) is 26.6 Å². The third-order valence-corrected chi connectivity index (χ3v) is 9.02. The lowest BCUT2D eigenvalue weighted by molar-refractivity contribution is -0.135. The van der Waals surface area contributed by atoms with Crippen LogP contribution < -0.4 is 31.3 Å². The molecule has 0 spiro atoms. The zero-order chi connectivity index (χ0) is 37.7. The zero-order valence-corrected chi connectivity index (χ0v) is 29.6. The Balaban J connectivity index is 1.35. The number of fused-ring (bicyclic) bond motifs is 1. The molecule has 3 aromatic rings. The summed E-state index contributed by atoms with van der Waals surface area (Å²) in [5, 5.41) is 24.0. The van der Waals surface area contributed by atoms with E-state index in [1.54, 1.807) is 23.1 Å². The number of nitrogens with one attached hydrogen (secondary N) is 5. The van der Waals surface area contributed by atoms with Crippen molar-refractivity contribution in [1.29, 1.82) is 0 Å². The topological polar surface area (TPSA) is 195 Å². The van der Waals surface area contributed by atoms with Crippen molar-refractivity contribution < 1.29 is 38.6 Å². The van der Waals surface area contributed by atoms with Crippen molar-refractivity contribution in [1.82, 2.24) is 31.5 Å². The Morgan fingerprint density at radius 2 is 1.62 bits per heavy atom. The number of carbonyl (C=O) groups excluding carboxylic acids is 6. The van der Waals surface area contributed by atoms with E-state index in [1.807, 2.05) is 54.6 Å². The van der Waals surface area contributed by atoms with Gasteiger partial charge in [0, 0.05) is 39.0 Å². The quantitative estimate of drug-likeness (QED) is 0.199. The molecule has 0 unspecified atom stereocenters. The fourth-order valence-corrected chi connectivity index (χ4v) is 6.20. The summed E-state index contributed by atoms with van der Waals surface area (Å²) in [7, 11) is 0. The van der Waals surface area contributed by atoms with E-state index in [4.69, 9.17) is 4.74 Å². The molecule has 14 nitrogen and oxygen atoms in total. The van der Waals surface area contributed by atoms with Gasteiger partial charge in [0.25, 0.3) is 5.91 Å². The van der Waals surface area contributed by atoms with Crippen molar-refractivity contribution in [2.75, 3.05) is 19.7 Å². The predicted octanol–water partition coefficient (Wildman–Crippen LogP) is 1.11. The van der Waals surface area contributed by atoms with Gasteiger partial charge in [0.05, 0.1) is 24.7 Å². The first kappa shape index (κ1) is 38.5. The van der Waals surface area contributed by atoms with Gasteiger partial charge in [-0.1, -0.05) is 66.7 Å². The van der Waals surface area contributed by atoms with Crippen LogP contribution in [0.15, 0.2) is 78.9 Å². The SMILES string of the molecule is C[C@@H](O)[C@@H]1NC(=O)C[C@@H](C(=O)NCc2cccc(CN3CCCC3=O)c2)NC(=O)c2ccccc2OCCCNC(=O)[C@H](Cc2ccccc2)NC1=O. The van der Waals surface area contributed by atoms with E-state index in [-0.39, 0.29) is 43.3 Å². The molecular weight excluding hydrogens is 680 g/mol. The molecule has 6 N–H and O–H groups in total. The highest BCUT2D eigenvalue weighted by molar-refractivity contribution is 6.01. The van der Waals surface area contributed by atoms with Gasteiger partial charge in [-0.15, -0.1) is 0 Å². The van der Waals surface area contributed by atoms with E-state index in [1.165, 1.54) is 13.0 Å². The Bertz CT molecular complexity index is 1780. The maximum Gasteiger partial charge on any atom is 0.255 e. The summed E-state index contributed by atoms with van der Waals surface area (Å²) in [5.74, 6) is -3.07. The minimum absolute atomic E-state index is 0.0673. The van der Waals surface area contributed by atoms with Crippen LogP contribution in [0.4, 0.5) is 0 Å². The normalized spacial score (nSPS) is 21.1. The monoisotopic (exact) mass is 726 g/mol. The predicted molar refractivity (Wildman–Crippen MR) is 194 cm³/mol. The zero-order valence-electron chi connectivity index (χ0n) is 29.6. The second kappa shape index (κ2) is 18.6. The van der Waals surface area contributed by atoms with Gasteiger partial charge in [-0.2, -0.15) is 0 Å². The second-order valence-electron chi connectivity index (χ2n) is 13.2. The molecule has 280 valence electrons. The van der Waals surface area contributed by atoms with E-state index in [0.29, 0.717) is 25.9 Å². The number of hydrogen-bond donors (Lipinski definition) is 6. The first-order chi connectivity index (χ1) is 25.6. The summed E-state index contributed by atoms with van der Waals surface area (Å²) in [4.78, 5) is 81.5. The molecule has 4 atom stereocenters. The number of aliphatic hydroxyl groups is 1. The van der Waals surface area contributed by atoms with Crippen molar-refractivity contribution in [3.8, 4) is 5.75 Å². The minimum Gasteiger partial charge on any atom is -0.493 e. The van der Waals surface area contributed by atoms with Gasteiger partial charge in [0.2, 0.25) is 29.5 Å². The van der Waals surface area contributed by atoms with E-state index in [9.17, 15) is 33.9 Å². The lowest BCUT2D eigenvalue weighted by atomic mass is 10.0. The number of benzene rings is 3. The molecule has 5 rings (SSSR count). The Morgan fingerprint density at radius 3 is 2.38 bits per heavy atom. The number of likely N-dealkylation sites (tertiary alicyclic amines) is 1. The Morgan fingerprint density at radius 1 is 0.887 bits per heavy atom. The van der Waals surface area contributed by atoms with Crippen LogP contribution in [0.1, 0.15) is 59.7 Å². The highest BCUT2D eigenvalue weighted by Crippen LogP contribution is 2.19. The third kappa shape index (κ3) is 11.1. The van der Waals surface area contributed by atoms with Crippen molar-refractivity contribution >= 4 is 35.4 Å². The molecular formula is C39H46N6O8. The number of amides is 6. The molecule has 0 bridgehead atoms. The molecule has 0 aromatic heterocycles. The Kier molecular flexibility index (Phi) is 13.5. The average molecular weight is 727 g/mol. The fourth-order valence-electron chi connectivity index (χ4n) is 6.20. The summed E-state index contributed by atoms with van der Waals surface area (Å²) in [6.45, 7) is 2.88. The number of nitrogens with zero attached hydrogens (tertiary/aromatic N) is 1. The van der Waals surface area contributed by atoms with Crippen LogP contribution in [-0.2, 0) is 43.5 Å². The second-order valence-corrected chi connectivity index (χ2v) is 13.2. The molecule has 1 saturated heterocycles. The number of hydrogen-bond acceptors (Lipinski definition) is 8. The van der Waals surface area contributed by atoms with Gasteiger partial charge < -0.3 is 41.3 Å². The molecule has 14 heteroatoms. The van der Waals surface area contributed by atoms with Gasteiger partial charge in [0.15, 0.2) is 0 Å². The Hall–Kier alpha value is -5.76. The van der Waals surface area contributed by atoms with Crippen LogP contribution in [0.25, 0.3) is 0 Å². The van der Waals surface area contributed by atoms with Gasteiger partial charge in [-0.25, -0.2) is 0 Å². The van der Waals surface area contributed by atoms with Crippen LogP contribution in [0.2, 0.25) is 0 Å². The smallest absolute Gasteiger partial charge is 0.255 e. The van der Waals surface area contributed by atoms with Crippen LogP contribution in [0, 0.1) is 0 Å². The summed E-state index contributed by atoms with van der Waals surface area (Å²) in [6.07, 6.45) is -0.0831. The summed E-state index contributed by atoms with van der Waals surface area (Å²) in [5.41, 5.74) is 2.56. The van der Waals surface area contributed by atoms with Gasteiger partial charge in [-0.3, -0.25) is 28.8 Å². The molecule has 1 fully saturated rings. The highest BCUT2D eigenvalue weighted by atomic mass is 16.5. The highest BCUT2D eigenvalue weighted by Gasteiger charge is 2.32. The largest absolute Gasteiger partial charge is 0.493 e.